The first-order chi connectivity index (χ1) is 11.2. The molecule has 122 valence electrons. The summed E-state index contributed by atoms with van der Waals surface area (Å²) >= 11 is 1.23. The van der Waals surface area contributed by atoms with Crippen molar-refractivity contribution in [3.63, 3.8) is 0 Å². The largest absolute Gasteiger partial charge is 0.462 e. The Balaban J connectivity index is 1.56. The Bertz CT molecular complexity index is 655. The molecule has 0 amide bonds. The molecule has 0 saturated heterocycles. The maximum atomic E-state index is 11.9. The highest BCUT2D eigenvalue weighted by molar-refractivity contribution is 7.99. The highest BCUT2D eigenvalue weighted by Gasteiger charge is 2.19. The average molecular weight is 333 g/mol. The Kier molecular flexibility index (Phi) is 5.12. The number of carbonyl (C=O) groups is 1. The third-order valence-corrected chi connectivity index (χ3v) is 4.67. The van der Waals surface area contributed by atoms with Crippen molar-refractivity contribution in [3.8, 4) is 11.4 Å². The zero-order valence-corrected chi connectivity index (χ0v) is 13.5. The molecule has 3 rings (SSSR count). The number of pyridine rings is 1. The smallest absolute Gasteiger partial charge is 0.316 e. The Morgan fingerprint density at radius 2 is 2.17 bits per heavy atom. The van der Waals surface area contributed by atoms with Gasteiger partial charge in [0.2, 0.25) is 5.16 Å². The molecule has 2 aromatic rings. The Morgan fingerprint density at radius 1 is 1.35 bits per heavy atom. The lowest BCUT2D eigenvalue weighted by Crippen LogP contribution is -2.22. The van der Waals surface area contributed by atoms with Crippen molar-refractivity contribution >= 4 is 17.7 Å². The van der Waals surface area contributed by atoms with Gasteiger partial charge in [-0.25, -0.2) is 4.68 Å². The number of carbonyl (C=O) groups excluding carboxylic acids is 1. The Hall–Kier alpha value is -2.09. The maximum Gasteiger partial charge on any atom is 0.316 e. The molecular weight excluding hydrogens is 314 g/mol. The van der Waals surface area contributed by atoms with Crippen molar-refractivity contribution in [1.29, 1.82) is 0 Å². The van der Waals surface area contributed by atoms with Gasteiger partial charge in [0.1, 0.15) is 6.10 Å². The molecule has 8 heteroatoms. The standard InChI is InChI=1S/C15H19N5O2S/c16-20-14(11-5-4-8-17-9-11)18-19-15(20)23-10-13(21)22-12-6-2-1-3-7-12/h4-5,8-9,12H,1-3,6-7,10,16H2. The summed E-state index contributed by atoms with van der Waals surface area (Å²) in [6, 6.07) is 3.66. The van der Waals surface area contributed by atoms with E-state index in [1.54, 1.807) is 18.5 Å². The van der Waals surface area contributed by atoms with Crippen LogP contribution >= 0.6 is 11.8 Å². The summed E-state index contributed by atoms with van der Waals surface area (Å²) < 4.78 is 6.85. The topological polar surface area (TPSA) is 95.9 Å². The second kappa shape index (κ2) is 7.45. The van der Waals surface area contributed by atoms with Crippen molar-refractivity contribution in [2.75, 3.05) is 11.6 Å². The van der Waals surface area contributed by atoms with E-state index in [4.69, 9.17) is 10.6 Å². The average Bonchev–Trinajstić information content (AvgIpc) is 2.95. The van der Waals surface area contributed by atoms with Gasteiger partial charge in [-0.3, -0.25) is 9.78 Å². The number of ether oxygens (including phenoxy) is 1. The van der Waals surface area contributed by atoms with E-state index in [9.17, 15) is 4.79 Å². The summed E-state index contributed by atoms with van der Waals surface area (Å²) in [5.74, 6) is 6.46. The molecule has 0 aromatic carbocycles. The summed E-state index contributed by atoms with van der Waals surface area (Å²) in [7, 11) is 0. The lowest BCUT2D eigenvalue weighted by molar-refractivity contribution is -0.147. The molecule has 2 heterocycles. The minimum atomic E-state index is -0.229. The van der Waals surface area contributed by atoms with Crippen LogP contribution in [0.5, 0.6) is 0 Å². The van der Waals surface area contributed by atoms with Gasteiger partial charge in [-0.05, 0) is 37.8 Å². The van der Waals surface area contributed by atoms with E-state index in [-0.39, 0.29) is 17.8 Å². The minimum Gasteiger partial charge on any atom is -0.462 e. The number of nitrogens with zero attached hydrogens (tertiary/aromatic N) is 4. The molecular formula is C15H19N5O2S. The molecule has 0 atom stereocenters. The van der Waals surface area contributed by atoms with Crippen LogP contribution in [0.3, 0.4) is 0 Å². The van der Waals surface area contributed by atoms with Crippen LogP contribution in [0.15, 0.2) is 29.7 Å². The second-order valence-corrected chi connectivity index (χ2v) is 6.40. The first-order valence-electron chi connectivity index (χ1n) is 7.67. The van der Waals surface area contributed by atoms with E-state index in [2.05, 4.69) is 15.2 Å². The van der Waals surface area contributed by atoms with Crippen LogP contribution in [0.2, 0.25) is 0 Å². The van der Waals surface area contributed by atoms with Crippen LogP contribution in [0.1, 0.15) is 32.1 Å². The molecule has 0 radical (unpaired) electrons. The first kappa shape index (κ1) is 15.8. The fourth-order valence-corrected chi connectivity index (χ4v) is 3.23. The van der Waals surface area contributed by atoms with Gasteiger partial charge >= 0.3 is 5.97 Å². The van der Waals surface area contributed by atoms with Crippen molar-refractivity contribution < 1.29 is 9.53 Å². The molecule has 0 unspecified atom stereocenters. The van der Waals surface area contributed by atoms with Gasteiger partial charge in [-0.2, -0.15) is 0 Å². The third kappa shape index (κ3) is 4.01. The van der Waals surface area contributed by atoms with Crippen LogP contribution < -0.4 is 5.84 Å². The number of nitrogens with two attached hydrogens (primary N) is 1. The van der Waals surface area contributed by atoms with Crippen molar-refractivity contribution in [2.24, 2.45) is 0 Å². The van der Waals surface area contributed by atoms with Crippen LogP contribution in [0, 0.1) is 0 Å². The van der Waals surface area contributed by atoms with E-state index >= 15 is 0 Å². The van der Waals surface area contributed by atoms with Gasteiger partial charge < -0.3 is 10.6 Å². The summed E-state index contributed by atoms with van der Waals surface area (Å²) in [6.45, 7) is 0. The van der Waals surface area contributed by atoms with Crippen molar-refractivity contribution in [3.05, 3.63) is 24.5 Å². The van der Waals surface area contributed by atoms with E-state index in [0.29, 0.717) is 11.0 Å². The Morgan fingerprint density at radius 3 is 2.91 bits per heavy atom. The van der Waals surface area contributed by atoms with Crippen LogP contribution in [-0.4, -0.2) is 37.7 Å². The predicted octanol–water partition coefficient (Wildman–Crippen LogP) is 2.02. The molecule has 1 fully saturated rings. The molecule has 2 aromatic heterocycles. The number of esters is 1. The lowest BCUT2D eigenvalue weighted by atomic mass is 9.98. The molecule has 7 nitrogen and oxygen atoms in total. The zero-order valence-electron chi connectivity index (χ0n) is 12.7. The minimum absolute atomic E-state index is 0.0681. The van der Waals surface area contributed by atoms with E-state index in [1.165, 1.54) is 22.9 Å². The maximum absolute atomic E-state index is 11.9. The fraction of sp³-hybridized carbons (Fsp3) is 0.467. The predicted molar refractivity (Wildman–Crippen MR) is 87.1 cm³/mol. The summed E-state index contributed by atoms with van der Waals surface area (Å²) in [4.78, 5) is 16.0. The van der Waals surface area contributed by atoms with Crippen molar-refractivity contribution in [2.45, 2.75) is 43.4 Å². The SMILES string of the molecule is Nn1c(SCC(=O)OC2CCCCC2)nnc1-c1cccnc1. The van der Waals surface area contributed by atoms with E-state index in [1.807, 2.05) is 6.07 Å². The molecule has 1 aliphatic carbocycles. The molecule has 0 aliphatic heterocycles. The molecule has 1 aliphatic rings. The molecule has 23 heavy (non-hydrogen) atoms. The zero-order chi connectivity index (χ0) is 16.1. The third-order valence-electron chi connectivity index (χ3n) is 3.75. The Labute approximate surface area is 138 Å². The number of thioether (sulfide) groups is 1. The van der Waals surface area contributed by atoms with Gasteiger partial charge in [0.05, 0.1) is 5.75 Å². The van der Waals surface area contributed by atoms with Gasteiger partial charge in [0, 0.05) is 18.0 Å². The molecule has 1 saturated carbocycles. The highest BCUT2D eigenvalue weighted by Crippen LogP contribution is 2.23. The number of rotatable bonds is 5. The molecule has 2 N–H and O–H groups in total. The van der Waals surface area contributed by atoms with Crippen LogP contribution in [-0.2, 0) is 9.53 Å². The van der Waals surface area contributed by atoms with Gasteiger partial charge in [0.15, 0.2) is 5.82 Å². The summed E-state index contributed by atoms with van der Waals surface area (Å²) in [6.07, 6.45) is 8.85. The highest BCUT2D eigenvalue weighted by atomic mass is 32.2. The number of hydrogen-bond acceptors (Lipinski definition) is 7. The summed E-state index contributed by atoms with van der Waals surface area (Å²) in [5.41, 5.74) is 0.777. The second-order valence-electron chi connectivity index (χ2n) is 5.46. The number of hydrogen-bond donors (Lipinski definition) is 1. The summed E-state index contributed by atoms with van der Waals surface area (Å²) in [5, 5.41) is 8.56. The number of aromatic nitrogens is 4. The van der Waals surface area contributed by atoms with Crippen LogP contribution in [0.25, 0.3) is 11.4 Å². The fourth-order valence-electron chi connectivity index (χ4n) is 2.59. The van der Waals surface area contributed by atoms with Gasteiger partial charge in [0.25, 0.3) is 0 Å². The normalized spacial score (nSPS) is 15.5. The number of nitrogen functional groups attached to an aromatic ring is 1. The first-order valence-corrected chi connectivity index (χ1v) is 8.66. The van der Waals surface area contributed by atoms with Gasteiger partial charge in [-0.15, -0.1) is 10.2 Å². The van der Waals surface area contributed by atoms with Crippen LogP contribution in [0.4, 0.5) is 0 Å². The lowest BCUT2D eigenvalue weighted by Gasteiger charge is -2.21. The van der Waals surface area contributed by atoms with Crippen molar-refractivity contribution in [1.82, 2.24) is 19.9 Å². The quantitative estimate of drug-likeness (QED) is 0.508. The molecule has 0 spiro atoms. The monoisotopic (exact) mass is 333 g/mol. The molecule has 0 bridgehead atoms. The van der Waals surface area contributed by atoms with E-state index in [0.717, 1.165) is 31.2 Å². The van der Waals surface area contributed by atoms with E-state index < -0.39 is 0 Å². The van der Waals surface area contributed by atoms with Gasteiger partial charge in [-0.1, -0.05) is 18.2 Å².